The molecule has 0 saturated carbocycles. The van der Waals surface area contributed by atoms with E-state index in [1.807, 2.05) is 72.8 Å². The highest BCUT2D eigenvalue weighted by molar-refractivity contribution is 5.92. The second-order valence-electron chi connectivity index (χ2n) is 15.6. The zero-order valence-electron chi connectivity index (χ0n) is 38.4. The van der Waals surface area contributed by atoms with Gasteiger partial charge in [0.2, 0.25) is 0 Å². The van der Waals surface area contributed by atoms with Crippen LogP contribution >= 0.6 is 0 Å². The molecule has 350 valence electrons. The number of carbonyl (C=O) groups excluding carboxylic acids is 2. The van der Waals surface area contributed by atoms with Gasteiger partial charge in [-0.15, -0.1) is 13.2 Å². The fourth-order valence-electron chi connectivity index (χ4n) is 6.57. The SMILES string of the molecule is C=CCOCCCCCCOc1ccc(N=Nc2ccc(C(=O)Oc3ccc(-c4ccc(OC(=O)c5ccc(N=Nc6ccc(OCCCCCCOCC=C)cc6)cc5)cc4)cc3)cc2)cc1. The molecule has 0 saturated heterocycles. The number of azo groups is 2. The second-order valence-corrected chi connectivity index (χ2v) is 15.6. The van der Waals surface area contributed by atoms with Crippen molar-refractivity contribution in [3.63, 3.8) is 0 Å². The number of carbonyl (C=O) groups is 2. The molecule has 0 fully saturated rings. The van der Waals surface area contributed by atoms with E-state index in [0.717, 1.165) is 87.2 Å². The van der Waals surface area contributed by atoms with Crippen molar-refractivity contribution in [2.24, 2.45) is 20.5 Å². The molecule has 0 aliphatic rings. The van der Waals surface area contributed by atoms with E-state index in [1.54, 1.807) is 84.9 Å². The van der Waals surface area contributed by atoms with Crippen LogP contribution in [0.5, 0.6) is 23.0 Å². The van der Waals surface area contributed by atoms with E-state index in [0.29, 0.717) is 71.8 Å². The molecular weight excluding hydrogens is 857 g/mol. The normalized spacial score (nSPS) is 11.1. The average Bonchev–Trinajstić information content (AvgIpc) is 3.38. The van der Waals surface area contributed by atoms with Crippen molar-refractivity contribution in [1.29, 1.82) is 0 Å². The first-order chi connectivity index (χ1) is 33.4. The van der Waals surface area contributed by atoms with Crippen LogP contribution in [0.1, 0.15) is 72.1 Å². The zero-order chi connectivity index (χ0) is 47.4. The Kier molecular flexibility index (Phi) is 20.9. The quantitative estimate of drug-likeness (QED) is 0.0149. The van der Waals surface area contributed by atoms with Gasteiger partial charge in [-0.1, -0.05) is 49.3 Å². The maximum Gasteiger partial charge on any atom is 0.343 e. The summed E-state index contributed by atoms with van der Waals surface area (Å²) in [4.78, 5) is 25.8. The number of benzene rings is 6. The van der Waals surface area contributed by atoms with Crippen molar-refractivity contribution in [2.45, 2.75) is 51.4 Å². The maximum absolute atomic E-state index is 12.9. The highest BCUT2D eigenvalue weighted by Gasteiger charge is 2.11. The fraction of sp³-hybridized carbons (Fsp3) is 0.250. The summed E-state index contributed by atoms with van der Waals surface area (Å²) < 4.78 is 33.8. The molecule has 0 heterocycles. The molecule has 0 aliphatic carbocycles. The van der Waals surface area contributed by atoms with Crippen LogP contribution in [0.4, 0.5) is 22.7 Å². The van der Waals surface area contributed by atoms with E-state index >= 15 is 0 Å². The third-order valence-electron chi connectivity index (χ3n) is 10.3. The van der Waals surface area contributed by atoms with Crippen molar-refractivity contribution in [3.8, 4) is 34.1 Å². The topological polar surface area (TPSA) is 139 Å². The van der Waals surface area contributed by atoms with E-state index in [-0.39, 0.29) is 0 Å². The average molecular weight is 915 g/mol. The number of unbranched alkanes of at least 4 members (excludes halogenated alkanes) is 6. The lowest BCUT2D eigenvalue weighted by atomic mass is 10.1. The molecular formula is C56H58N4O8. The minimum atomic E-state index is -0.494. The van der Waals surface area contributed by atoms with Gasteiger partial charge in [0, 0.05) is 13.2 Å². The monoisotopic (exact) mass is 914 g/mol. The molecule has 0 aliphatic heterocycles. The van der Waals surface area contributed by atoms with Crippen LogP contribution in [0.3, 0.4) is 0 Å². The summed E-state index contributed by atoms with van der Waals surface area (Å²) in [6, 6.07) is 42.7. The first-order valence-electron chi connectivity index (χ1n) is 23.0. The summed E-state index contributed by atoms with van der Waals surface area (Å²) in [5, 5.41) is 17.2. The van der Waals surface area contributed by atoms with Crippen LogP contribution in [0.15, 0.2) is 191 Å². The molecule has 0 bridgehead atoms. The van der Waals surface area contributed by atoms with Crippen molar-refractivity contribution in [2.75, 3.05) is 39.6 Å². The van der Waals surface area contributed by atoms with Crippen molar-refractivity contribution in [1.82, 2.24) is 0 Å². The number of esters is 2. The van der Waals surface area contributed by atoms with E-state index < -0.39 is 11.9 Å². The van der Waals surface area contributed by atoms with Gasteiger partial charge in [-0.2, -0.15) is 20.5 Å². The molecule has 0 N–H and O–H groups in total. The summed E-state index contributed by atoms with van der Waals surface area (Å²) in [6.45, 7) is 11.3. The summed E-state index contributed by atoms with van der Waals surface area (Å²) in [5.41, 5.74) is 5.11. The van der Waals surface area contributed by atoms with E-state index in [4.69, 9.17) is 28.4 Å². The largest absolute Gasteiger partial charge is 0.494 e. The molecule has 0 spiro atoms. The first-order valence-corrected chi connectivity index (χ1v) is 23.0. The minimum Gasteiger partial charge on any atom is -0.494 e. The molecule has 68 heavy (non-hydrogen) atoms. The highest BCUT2D eigenvalue weighted by atomic mass is 16.5. The lowest BCUT2D eigenvalue weighted by Gasteiger charge is -2.08. The Morgan fingerprint density at radius 1 is 0.368 bits per heavy atom. The smallest absolute Gasteiger partial charge is 0.343 e. The van der Waals surface area contributed by atoms with Crippen LogP contribution in [0.25, 0.3) is 11.1 Å². The predicted octanol–water partition coefficient (Wildman–Crippen LogP) is 14.9. The summed E-state index contributed by atoms with van der Waals surface area (Å²) >= 11 is 0. The van der Waals surface area contributed by atoms with Gasteiger partial charge in [0.05, 0.1) is 60.3 Å². The Morgan fingerprint density at radius 3 is 0.985 bits per heavy atom. The highest BCUT2D eigenvalue weighted by Crippen LogP contribution is 2.28. The van der Waals surface area contributed by atoms with Gasteiger partial charge in [-0.3, -0.25) is 0 Å². The number of rotatable bonds is 29. The zero-order valence-corrected chi connectivity index (χ0v) is 38.4. The van der Waals surface area contributed by atoms with Gasteiger partial charge in [0.1, 0.15) is 23.0 Å². The molecule has 12 nitrogen and oxygen atoms in total. The van der Waals surface area contributed by atoms with Crippen LogP contribution in [-0.2, 0) is 9.47 Å². The molecule has 0 unspecified atom stereocenters. The van der Waals surface area contributed by atoms with E-state index in [1.165, 1.54) is 0 Å². The second kappa shape index (κ2) is 28.5. The van der Waals surface area contributed by atoms with Gasteiger partial charge in [0.25, 0.3) is 0 Å². The molecule has 6 rings (SSSR count). The van der Waals surface area contributed by atoms with Crippen LogP contribution < -0.4 is 18.9 Å². The molecule has 0 atom stereocenters. The van der Waals surface area contributed by atoms with Crippen molar-refractivity contribution in [3.05, 3.63) is 182 Å². The Labute approximate surface area is 399 Å². The lowest BCUT2D eigenvalue weighted by molar-refractivity contribution is 0.0725. The Morgan fingerprint density at radius 2 is 0.662 bits per heavy atom. The Balaban J connectivity index is 0.880. The third-order valence-corrected chi connectivity index (χ3v) is 10.3. The number of nitrogens with zero attached hydrogens (tertiary/aromatic N) is 4. The Hall–Kier alpha value is -7.54. The summed E-state index contributed by atoms with van der Waals surface area (Å²) in [5.74, 6) is 1.39. The van der Waals surface area contributed by atoms with Crippen LogP contribution in [0, 0.1) is 0 Å². The van der Waals surface area contributed by atoms with Gasteiger partial charge < -0.3 is 28.4 Å². The molecule has 0 aromatic heterocycles. The third kappa shape index (κ3) is 17.7. The molecule has 12 heteroatoms. The lowest BCUT2D eigenvalue weighted by Crippen LogP contribution is -2.08. The molecule has 0 amide bonds. The Bertz CT molecular complexity index is 2330. The maximum atomic E-state index is 12.9. The minimum absolute atomic E-state index is 0.380. The van der Waals surface area contributed by atoms with Crippen molar-refractivity contribution < 1.29 is 38.0 Å². The molecule has 6 aromatic rings. The first kappa shape index (κ1) is 49.9. The van der Waals surface area contributed by atoms with Crippen LogP contribution in [0.2, 0.25) is 0 Å². The van der Waals surface area contributed by atoms with Gasteiger partial charge in [-0.05, 0) is 171 Å². The predicted molar refractivity (Wildman–Crippen MR) is 266 cm³/mol. The van der Waals surface area contributed by atoms with Crippen LogP contribution in [-0.4, -0.2) is 51.6 Å². The molecule has 0 radical (unpaired) electrons. The standard InChI is InChI=1S/C56H58N4O8/c1-3-37-63-39-9-5-7-11-41-65-51-33-25-49(26-34-51)59-57-47-21-13-45(14-22-47)55(61)67-53-29-17-43(18-30-53)44-19-31-54(32-20-44)68-56(62)46-15-23-48(24-16-46)58-60-50-27-35-52(36-28-50)66-42-12-8-6-10-40-64-38-4-2/h3-4,13-36H,1-2,5-12,37-42H2. The molecule has 6 aromatic carbocycles. The fourth-order valence-corrected chi connectivity index (χ4v) is 6.57. The van der Waals surface area contributed by atoms with Gasteiger partial charge in [-0.25, -0.2) is 9.59 Å². The van der Waals surface area contributed by atoms with Gasteiger partial charge in [0.15, 0.2) is 0 Å². The number of hydrogen-bond donors (Lipinski definition) is 0. The summed E-state index contributed by atoms with van der Waals surface area (Å²) in [6.07, 6.45) is 12.0. The van der Waals surface area contributed by atoms with E-state index in [2.05, 4.69) is 33.6 Å². The number of hydrogen-bond acceptors (Lipinski definition) is 12. The van der Waals surface area contributed by atoms with E-state index in [9.17, 15) is 9.59 Å². The van der Waals surface area contributed by atoms with Gasteiger partial charge >= 0.3 is 11.9 Å². The summed E-state index contributed by atoms with van der Waals surface area (Å²) in [7, 11) is 0. The number of ether oxygens (including phenoxy) is 6. The van der Waals surface area contributed by atoms with Crippen molar-refractivity contribution >= 4 is 34.7 Å².